The zero-order valence-electron chi connectivity index (χ0n) is 13.6. The minimum Gasteiger partial charge on any atom is -0.334 e. The number of hydrogen-bond acceptors (Lipinski definition) is 6. The number of nitrogens with zero attached hydrogens (tertiary/aromatic N) is 3. The van der Waals surface area contributed by atoms with Gasteiger partial charge in [0.2, 0.25) is 0 Å². The van der Waals surface area contributed by atoms with E-state index in [9.17, 15) is 14.9 Å². The van der Waals surface area contributed by atoms with Crippen molar-refractivity contribution in [3.63, 3.8) is 0 Å². The van der Waals surface area contributed by atoms with Crippen LogP contribution in [0.3, 0.4) is 0 Å². The molecule has 2 aromatic heterocycles. The van der Waals surface area contributed by atoms with Gasteiger partial charge in [-0.1, -0.05) is 18.2 Å². The van der Waals surface area contributed by atoms with E-state index in [0.717, 1.165) is 9.88 Å². The van der Waals surface area contributed by atoms with Gasteiger partial charge < -0.3 is 4.90 Å². The number of thiazole rings is 1. The number of benzene rings is 1. The molecule has 2 heterocycles. The first-order valence-corrected chi connectivity index (χ1v) is 9.24. The lowest BCUT2D eigenvalue weighted by atomic mass is 10.1. The largest absolute Gasteiger partial charge is 0.334 e. The SMILES string of the molecule is C[C@@H](c1cccc([N+](=O)[O-])c1)N(C)C(=O)c1csc(-c2cccs2)n1. The summed E-state index contributed by atoms with van der Waals surface area (Å²) in [5.41, 5.74) is 1.10. The van der Waals surface area contributed by atoms with Crippen molar-refractivity contribution in [2.75, 3.05) is 7.05 Å². The van der Waals surface area contributed by atoms with Gasteiger partial charge >= 0.3 is 0 Å². The number of carbonyl (C=O) groups excluding carboxylic acids is 1. The number of nitro groups is 1. The highest BCUT2D eigenvalue weighted by Gasteiger charge is 2.22. The number of thiophene rings is 1. The fourth-order valence-electron chi connectivity index (χ4n) is 2.36. The fraction of sp³-hybridized carbons (Fsp3) is 0.176. The van der Waals surface area contributed by atoms with Crippen molar-refractivity contribution in [2.45, 2.75) is 13.0 Å². The van der Waals surface area contributed by atoms with Crippen LogP contribution in [0.1, 0.15) is 29.0 Å². The Bertz CT molecular complexity index is 906. The highest BCUT2D eigenvalue weighted by molar-refractivity contribution is 7.20. The maximum atomic E-state index is 12.7. The molecule has 0 aliphatic rings. The van der Waals surface area contributed by atoms with Gasteiger partial charge in [0.15, 0.2) is 0 Å². The second kappa shape index (κ2) is 7.12. The first-order chi connectivity index (χ1) is 12.0. The topological polar surface area (TPSA) is 76.3 Å². The summed E-state index contributed by atoms with van der Waals surface area (Å²) in [6, 6.07) is 9.93. The van der Waals surface area contributed by atoms with E-state index in [1.807, 2.05) is 24.4 Å². The molecule has 6 nitrogen and oxygen atoms in total. The van der Waals surface area contributed by atoms with Crippen LogP contribution in [0, 0.1) is 10.1 Å². The van der Waals surface area contributed by atoms with Gasteiger partial charge in [0.05, 0.1) is 15.8 Å². The molecule has 0 unspecified atom stereocenters. The summed E-state index contributed by atoms with van der Waals surface area (Å²) in [5, 5.41) is 15.5. The molecule has 0 aliphatic heterocycles. The van der Waals surface area contributed by atoms with E-state index in [2.05, 4.69) is 4.98 Å². The van der Waals surface area contributed by atoms with Crippen LogP contribution in [-0.2, 0) is 0 Å². The van der Waals surface area contributed by atoms with Gasteiger partial charge in [0.1, 0.15) is 10.7 Å². The summed E-state index contributed by atoms with van der Waals surface area (Å²) in [6.07, 6.45) is 0. The lowest BCUT2D eigenvalue weighted by Gasteiger charge is -2.24. The highest BCUT2D eigenvalue weighted by Crippen LogP contribution is 2.29. The van der Waals surface area contributed by atoms with Crippen molar-refractivity contribution in [2.24, 2.45) is 0 Å². The second-order valence-electron chi connectivity index (χ2n) is 5.46. The molecule has 1 aromatic carbocycles. The molecule has 0 saturated carbocycles. The summed E-state index contributed by atoms with van der Waals surface area (Å²) >= 11 is 3.01. The molecule has 0 saturated heterocycles. The van der Waals surface area contributed by atoms with Gasteiger partial charge in [-0.05, 0) is 23.9 Å². The quantitative estimate of drug-likeness (QED) is 0.483. The molecule has 1 atom stereocenters. The molecule has 8 heteroatoms. The minimum atomic E-state index is -0.439. The van der Waals surface area contributed by atoms with Gasteiger partial charge in [-0.15, -0.1) is 22.7 Å². The smallest absolute Gasteiger partial charge is 0.273 e. The molecule has 128 valence electrons. The second-order valence-corrected chi connectivity index (χ2v) is 7.27. The molecule has 3 rings (SSSR count). The number of nitro benzene ring substituents is 1. The van der Waals surface area contributed by atoms with Crippen molar-refractivity contribution >= 4 is 34.3 Å². The Morgan fingerprint density at radius 3 is 2.76 bits per heavy atom. The lowest BCUT2D eigenvalue weighted by Crippen LogP contribution is -2.29. The first kappa shape index (κ1) is 17.2. The Morgan fingerprint density at radius 2 is 2.08 bits per heavy atom. The van der Waals surface area contributed by atoms with Crippen LogP contribution in [0.15, 0.2) is 47.2 Å². The molecule has 0 aliphatic carbocycles. The standard InChI is InChI=1S/C17H15N3O3S2/c1-11(12-5-3-6-13(9-12)20(22)23)19(2)17(21)14-10-25-16(18-14)15-7-4-8-24-15/h3-11H,1-2H3/t11-/m0/s1. The van der Waals surface area contributed by atoms with E-state index in [0.29, 0.717) is 11.3 Å². The van der Waals surface area contributed by atoms with Crippen LogP contribution < -0.4 is 0 Å². The number of rotatable bonds is 5. The van der Waals surface area contributed by atoms with Gasteiger partial charge in [-0.25, -0.2) is 4.98 Å². The van der Waals surface area contributed by atoms with Crippen LogP contribution in [0.2, 0.25) is 0 Å². The summed E-state index contributed by atoms with van der Waals surface area (Å²) < 4.78 is 0. The molecular formula is C17H15N3O3S2. The van der Waals surface area contributed by atoms with E-state index in [1.165, 1.54) is 23.5 Å². The molecule has 0 bridgehead atoms. The normalized spacial score (nSPS) is 11.9. The third-order valence-electron chi connectivity index (χ3n) is 3.92. The van der Waals surface area contributed by atoms with Gasteiger partial charge in [-0.3, -0.25) is 14.9 Å². The van der Waals surface area contributed by atoms with Gasteiger partial charge in [0.25, 0.3) is 11.6 Å². The van der Waals surface area contributed by atoms with E-state index in [1.54, 1.807) is 40.8 Å². The number of aromatic nitrogens is 1. The third-order valence-corrected chi connectivity index (χ3v) is 5.80. The van der Waals surface area contributed by atoms with E-state index in [4.69, 9.17) is 0 Å². The number of amides is 1. The maximum Gasteiger partial charge on any atom is 0.273 e. The average Bonchev–Trinajstić information content (AvgIpc) is 3.31. The maximum absolute atomic E-state index is 12.7. The van der Waals surface area contributed by atoms with Crippen molar-refractivity contribution in [3.05, 3.63) is 68.5 Å². The van der Waals surface area contributed by atoms with E-state index in [-0.39, 0.29) is 17.6 Å². The molecule has 1 amide bonds. The van der Waals surface area contributed by atoms with Crippen LogP contribution in [0.4, 0.5) is 5.69 Å². The molecule has 25 heavy (non-hydrogen) atoms. The predicted molar refractivity (Wildman–Crippen MR) is 99.0 cm³/mol. The van der Waals surface area contributed by atoms with Crippen LogP contribution >= 0.6 is 22.7 Å². The zero-order valence-corrected chi connectivity index (χ0v) is 15.2. The van der Waals surface area contributed by atoms with Crippen molar-refractivity contribution in [1.82, 2.24) is 9.88 Å². The number of carbonyl (C=O) groups is 1. The van der Waals surface area contributed by atoms with E-state index >= 15 is 0 Å². The average molecular weight is 373 g/mol. The summed E-state index contributed by atoms with van der Waals surface area (Å²) in [4.78, 5) is 30.2. The Labute approximate surface area is 152 Å². The fourth-order valence-corrected chi connectivity index (χ4v) is 3.97. The first-order valence-electron chi connectivity index (χ1n) is 7.48. The number of hydrogen-bond donors (Lipinski definition) is 0. The van der Waals surface area contributed by atoms with Crippen LogP contribution in [0.25, 0.3) is 9.88 Å². The molecule has 0 N–H and O–H groups in total. The number of non-ortho nitro benzene ring substituents is 1. The zero-order chi connectivity index (χ0) is 18.0. The molecule has 3 aromatic rings. The molecule has 0 radical (unpaired) electrons. The molecular weight excluding hydrogens is 358 g/mol. The van der Waals surface area contributed by atoms with Crippen molar-refractivity contribution < 1.29 is 9.72 Å². The van der Waals surface area contributed by atoms with Crippen LogP contribution in [0.5, 0.6) is 0 Å². The summed E-state index contributed by atoms with van der Waals surface area (Å²) in [7, 11) is 1.68. The summed E-state index contributed by atoms with van der Waals surface area (Å²) in [5.74, 6) is -0.210. The van der Waals surface area contributed by atoms with Crippen LogP contribution in [-0.4, -0.2) is 27.8 Å². The minimum absolute atomic E-state index is 0.0128. The third kappa shape index (κ3) is 3.59. The van der Waals surface area contributed by atoms with E-state index < -0.39 is 4.92 Å². The van der Waals surface area contributed by atoms with Gasteiger partial charge in [0, 0.05) is 24.6 Å². The Morgan fingerprint density at radius 1 is 1.28 bits per heavy atom. The lowest BCUT2D eigenvalue weighted by molar-refractivity contribution is -0.384. The van der Waals surface area contributed by atoms with Crippen molar-refractivity contribution in [1.29, 1.82) is 0 Å². The molecule has 0 fully saturated rings. The Balaban J connectivity index is 1.80. The highest BCUT2D eigenvalue weighted by atomic mass is 32.1. The monoisotopic (exact) mass is 373 g/mol. The molecule has 0 spiro atoms. The predicted octanol–water partition coefficient (Wildman–Crippen LogP) is 4.61. The Hall–Kier alpha value is -2.58. The summed E-state index contributed by atoms with van der Waals surface area (Å²) in [6.45, 7) is 1.84. The van der Waals surface area contributed by atoms with Crippen molar-refractivity contribution in [3.8, 4) is 9.88 Å². The van der Waals surface area contributed by atoms with Gasteiger partial charge in [-0.2, -0.15) is 0 Å². The Kier molecular flexibility index (Phi) is 4.91.